The van der Waals surface area contributed by atoms with Crippen LogP contribution < -0.4 is 5.69 Å². The molecule has 4 aliphatic carbocycles. The van der Waals surface area contributed by atoms with E-state index in [4.69, 9.17) is 0 Å². The first-order valence-corrected chi connectivity index (χ1v) is 12.9. The predicted octanol–water partition coefficient (Wildman–Crippen LogP) is 3.61. The van der Waals surface area contributed by atoms with Gasteiger partial charge in [-0.25, -0.2) is 4.79 Å². The van der Waals surface area contributed by atoms with Gasteiger partial charge >= 0.3 is 5.69 Å². The normalized spacial score (nSPS) is 43.6. The molecule has 1 aromatic rings. The third-order valence-electron chi connectivity index (χ3n) is 10.1. The average Bonchev–Trinajstić information content (AvgIpc) is 3.26. The predicted molar refractivity (Wildman–Crippen MR) is 121 cm³/mol. The number of aromatic nitrogens is 4. The van der Waals surface area contributed by atoms with Gasteiger partial charge in [-0.3, -0.25) is 4.79 Å². The van der Waals surface area contributed by atoms with Crippen molar-refractivity contribution in [2.75, 3.05) is 0 Å². The second-order valence-electron chi connectivity index (χ2n) is 12.3. The molecule has 8 atom stereocenters. The molecule has 1 aromatic heterocycles. The summed E-state index contributed by atoms with van der Waals surface area (Å²) in [6.07, 6.45) is 9.97. The molecule has 4 saturated carbocycles. The standard InChI is InChI=1S/C25H40N4O3/c1-15(2)29-23(31)28(26-27-29)14-22(30)21-8-7-20-19-6-5-16-13-24(3,32)11-9-17(16)18(19)10-12-25(20,21)4/h15-21,32H,5-14H2,1-4H3/t16-,17+,18-,19-,20+,21-,24-,25+/m1/s1. The van der Waals surface area contributed by atoms with Crippen LogP contribution in [0.5, 0.6) is 0 Å². The number of ketones is 1. The van der Waals surface area contributed by atoms with Crippen LogP contribution in [0.25, 0.3) is 0 Å². The van der Waals surface area contributed by atoms with Gasteiger partial charge in [-0.2, -0.15) is 9.36 Å². The molecule has 0 unspecified atom stereocenters. The summed E-state index contributed by atoms with van der Waals surface area (Å²) in [7, 11) is 0. The minimum Gasteiger partial charge on any atom is -0.390 e. The highest BCUT2D eigenvalue weighted by Crippen LogP contribution is 2.64. The van der Waals surface area contributed by atoms with Gasteiger partial charge in [-0.1, -0.05) is 6.92 Å². The number of hydrogen-bond acceptors (Lipinski definition) is 5. The number of fused-ring (bicyclic) bond motifs is 5. The summed E-state index contributed by atoms with van der Waals surface area (Å²) in [5.41, 5.74) is -0.719. The lowest BCUT2D eigenvalue weighted by Crippen LogP contribution is -2.51. The number of nitrogens with zero attached hydrogens (tertiary/aromatic N) is 4. The van der Waals surface area contributed by atoms with Crippen LogP contribution in [0.4, 0.5) is 0 Å². The van der Waals surface area contributed by atoms with Crippen molar-refractivity contribution < 1.29 is 9.90 Å². The van der Waals surface area contributed by atoms with Gasteiger partial charge < -0.3 is 5.11 Å². The molecule has 0 amide bonds. The minimum absolute atomic E-state index is 0.0226. The van der Waals surface area contributed by atoms with Crippen molar-refractivity contribution in [2.24, 2.45) is 40.9 Å². The Kier molecular flexibility index (Phi) is 5.42. The second kappa shape index (κ2) is 7.78. The van der Waals surface area contributed by atoms with Crippen LogP contribution in [0.1, 0.15) is 91.5 Å². The third kappa shape index (κ3) is 3.50. The Hall–Kier alpha value is -1.50. The number of Topliss-reactive ketones (excluding diaryl/α,β-unsaturated/α-hetero) is 1. The molecule has 178 valence electrons. The van der Waals surface area contributed by atoms with E-state index in [0.717, 1.165) is 49.9 Å². The molecular formula is C25H40N4O3. The van der Waals surface area contributed by atoms with E-state index < -0.39 is 5.60 Å². The van der Waals surface area contributed by atoms with Crippen molar-refractivity contribution in [1.29, 1.82) is 0 Å². The van der Waals surface area contributed by atoms with E-state index >= 15 is 0 Å². The lowest BCUT2D eigenvalue weighted by atomic mass is 9.49. The highest BCUT2D eigenvalue weighted by Gasteiger charge is 2.58. The van der Waals surface area contributed by atoms with E-state index in [1.807, 2.05) is 20.8 Å². The SMILES string of the molecule is CC(C)n1nnn(CC(=O)[C@H]2CC[C@H]3[C@@H]4CC[C@@H]5C[C@](C)(O)CC[C@@H]5[C@H]4CC[C@]23C)c1=O. The molecule has 4 fully saturated rings. The van der Waals surface area contributed by atoms with Gasteiger partial charge in [0.25, 0.3) is 0 Å². The van der Waals surface area contributed by atoms with Crippen molar-refractivity contribution in [2.45, 2.75) is 104 Å². The maximum Gasteiger partial charge on any atom is 0.364 e. The Labute approximate surface area is 190 Å². The summed E-state index contributed by atoms with van der Waals surface area (Å²) in [4.78, 5) is 25.9. The van der Waals surface area contributed by atoms with E-state index in [1.54, 1.807) is 0 Å². The zero-order valence-corrected chi connectivity index (χ0v) is 20.2. The van der Waals surface area contributed by atoms with Crippen LogP contribution in [-0.4, -0.2) is 36.3 Å². The minimum atomic E-state index is -0.475. The topological polar surface area (TPSA) is 90.0 Å². The molecule has 1 N–H and O–H groups in total. The van der Waals surface area contributed by atoms with Crippen LogP contribution in [0.3, 0.4) is 0 Å². The summed E-state index contributed by atoms with van der Waals surface area (Å²) in [6, 6.07) is -0.0615. The van der Waals surface area contributed by atoms with E-state index in [1.165, 1.54) is 35.0 Å². The summed E-state index contributed by atoms with van der Waals surface area (Å²) in [5, 5.41) is 18.5. The molecule has 4 aliphatic rings. The van der Waals surface area contributed by atoms with Crippen molar-refractivity contribution in [3.8, 4) is 0 Å². The monoisotopic (exact) mass is 444 g/mol. The van der Waals surface area contributed by atoms with Crippen molar-refractivity contribution in [1.82, 2.24) is 19.8 Å². The Morgan fingerprint density at radius 3 is 2.50 bits per heavy atom. The third-order valence-corrected chi connectivity index (χ3v) is 10.1. The van der Waals surface area contributed by atoms with Gasteiger partial charge in [0.15, 0.2) is 5.78 Å². The van der Waals surface area contributed by atoms with Crippen molar-refractivity contribution in [3.05, 3.63) is 10.5 Å². The molecule has 7 nitrogen and oxygen atoms in total. The van der Waals surface area contributed by atoms with E-state index in [2.05, 4.69) is 17.4 Å². The molecule has 0 saturated heterocycles. The maximum atomic E-state index is 13.4. The number of rotatable bonds is 4. The molecule has 0 spiro atoms. The first kappa shape index (κ1) is 22.3. The number of carbonyl (C=O) groups excluding carboxylic acids is 1. The van der Waals surface area contributed by atoms with Crippen LogP contribution in [0.15, 0.2) is 4.79 Å². The number of carbonyl (C=O) groups is 1. The molecule has 5 rings (SSSR count). The van der Waals surface area contributed by atoms with Gasteiger partial charge in [0.2, 0.25) is 0 Å². The van der Waals surface area contributed by atoms with Crippen LogP contribution >= 0.6 is 0 Å². The van der Waals surface area contributed by atoms with Gasteiger partial charge in [0.1, 0.15) is 6.54 Å². The second-order valence-corrected chi connectivity index (χ2v) is 12.3. The Morgan fingerprint density at radius 2 is 1.78 bits per heavy atom. The first-order chi connectivity index (χ1) is 15.1. The van der Waals surface area contributed by atoms with Crippen LogP contribution in [0, 0.1) is 40.9 Å². The largest absolute Gasteiger partial charge is 0.390 e. The summed E-state index contributed by atoms with van der Waals surface area (Å²) in [6.45, 7) is 8.21. The fourth-order valence-electron chi connectivity index (χ4n) is 8.58. The van der Waals surface area contributed by atoms with Crippen LogP contribution in [-0.2, 0) is 11.3 Å². The molecule has 0 aromatic carbocycles. The van der Waals surface area contributed by atoms with E-state index in [0.29, 0.717) is 11.8 Å². The molecule has 1 heterocycles. The van der Waals surface area contributed by atoms with Crippen molar-refractivity contribution >= 4 is 5.78 Å². The quantitative estimate of drug-likeness (QED) is 0.766. The van der Waals surface area contributed by atoms with Crippen LogP contribution in [0.2, 0.25) is 0 Å². The Morgan fingerprint density at radius 1 is 1.03 bits per heavy atom. The average molecular weight is 445 g/mol. The summed E-state index contributed by atoms with van der Waals surface area (Å²) in [5.74, 6) is 3.73. The van der Waals surface area contributed by atoms with Gasteiger partial charge in [-0.05, 0) is 124 Å². The molecular weight excluding hydrogens is 404 g/mol. The molecule has 32 heavy (non-hydrogen) atoms. The highest BCUT2D eigenvalue weighted by molar-refractivity contribution is 5.82. The molecule has 0 aliphatic heterocycles. The lowest BCUT2D eigenvalue weighted by Gasteiger charge is -2.56. The maximum absolute atomic E-state index is 13.4. The lowest BCUT2D eigenvalue weighted by molar-refractivity contribution is -0.133. The molecule has 0 radical (unpaired) electrons. The highest BCUT2D eigenvalue weighted by atomic mass is 16.3. The van der Waals surface area contributed by atoms with Crippen molar-refractivity contribution in [3.63, 3.8) is 0 Å². The number of aliphatic hydroxyl groups is 1. The molecule has 0 bridgehead atoms. The smallest absolute Gasteiger partial charge is 0.364 e. The fourth-order valence-corrected chi connectivity index (χ4v) is 8.58. The zero-order chi connectivity index (χ0) is 22.8. The first-order valence-electron chi connectivity index (χ1n) is 12.9. The zero-order valence-electron chi connectivity index (χ0n) is 20.2. The van der Waals surface area contributed by atoms with E-state index in [-0.39, 0.29) is 35.4 Å². The van der Waals surface area contributed by atoms with Gasteiger partial charge in [0.05, 0.1) is 11.6 Å². The number of tetrazole rings is 1. The Balaban J connectivity index is 1.31. The summed E-state index contributed by atoms with van der Waals surface area (Å²) >= 11 is 0. The molecule has 7 heteroatoms. The summed E-state index contributed by atoms with van der Waals surface area (Å²) < 4.78 is 2.60. The number of hydrogen-bond donors (Lipinski definition) is 1. The van der Waals surface area contributed by atoms with Gasteiger partial charge in [0, 0.05) is 5.92 Å². The van der Waals surface area contributed by atoms with E-state index in [9.17, 15) is 14.7 Å². The van der Waals surface area contributed by atoms with Gasteiger partial charge in [-0.15, -0.1) is 0 Å². The fraction of sp³-hybridized carbons (Fsp3) is 0.920. The Bertz CT molecular complexity index is 934.